The molecule has 0 unspecified atom stereocenters. The smallest absolute Gasteiger partial charge is 0.206 e. The van der Waals surface area contributed by atoms with Crippen molar-refractivity contribution in [3.05, 3.63) is 40.5 Å². The minimum absolute atomic E-state index is 0.0381. The standard InChI is InChI=1S/C9H3Br2ClOS2/c10-6-3-4(9(11)15-6)7(13)8-5(12)1-2-14-8/h1-3H. The zero-order valence-electron chi connectivity index (χ0n) is 7.09. The van der Waals surface area contributed by atoms with E-state index in [1.54, 1.807) is 12.1 Å². The van der Waals surface area contributed by atoms with Crippen LogP contribution in [0.25, 0.3) is 0 Å². The van der Waals surface area contributed by atoms with Crippen LogP contribution in [0.4, 0.5) is 0 Å². The molecular weight excluding hydrogens is 383 g/mol. The highest BCUT2D eigenvalue weighted by atomic mass is 79.9. The first-order chi connectivity index (χ1) is 7.09. The topological polar surface area (TPSA) is 17.1 Å². The van der Waals surface area contributed by atoms with E-state index in [-0.39, 0.29) is 5.78 Å². The van der Waals surface area contributed by atoms with Crippen LogP contribution >= 0.6 is 66.1 Å². The molecule has 0 saturated heterocycles. The summed E-state index contributed by atoms with van der Waals surface area (Å²) < 4.78 is 1.74. The predicted molar refractivity (Wildman–Crippen MR) is 72.5 cm³/mol. The summed E-state index contributed by atoms with van der Waals surface area (Å²) in [5.74, 6) is -0.0381. The van der Waals surface area contributed by atoms with Gasteiger partial charge in [0.05, 0.1) is 17.5 Å². The van der Waals surface area contributed by atoms with Gasteiger partial charge in [0.15, 0.2) is 0 Å². The van der Waals surface area contributed by atoms with E-state index >= 15 is 0 Å². The number of halogens is 3. The largest absolute Gasteiger partial charge is 0.288 e. The molecule has 2 heterocycles. The number of carbonyl (C=O) groups is 1. The lowest BCUT2D eigenvalue weighted by Crippen LogP contribution is -1.97. The molecular formula is C9H3Br2ClOS2. The molecule has 6 heteroatoms. The summed E-state index contributed by atoms with van der Waals surface area (Å²) in [6.45, 7) is 0. The average Bonchev–Trinajstić information content (AvgIpc) is 2.71. The lowest BCUT2D eigenvalue weighted by molar-refractivity contribution is 0.104. The Kier molecular flexibility index (Phi) is 3.67. The van der Waals surface area contributed by atoms with Crippen molar-refractivity contribution in [1.82, 2.24) is 0 Å². The van der Waals surface area contributed by atoms with Crippen LogP contribution in [0.3, 0.4) is 0 Å². The van der Waals surface area contributed by atoms with E-state index in [0.29, 0.717) is 15.5 Å². The third-order valence-electron chi connectivity index (χ3n) is 1.72. The molecule has 0 aliphatic carbocycles. The minimum Gasteiger partial charge on any atom is -0.288 e. The molecule has 0 aromatic carbocycles. The van der Waals surface area contributed by atoms with Gasteiger partial charge in [-0.2, -0.15) is 0 Å². The van der Waals surface area contributed by atoms with Gasteiger partial charge in [0.25, 0.3) is 0 Å². The molecule has 1 nitrogen and oxygen atoms in total. The summed E-state index contributed by atoms with van der Waals surface area (Å²) >= 11 is 15.4. The third kappa shape index (κ3) is 2.36. The maximum atomic E-state index is 12.0. The zero-order chi connectivity index (χ0) is 11.0. The second-order valence-corrected chi connectivity index (χ2v) is 7.74. The van der Waals surface area contributed by atoms with Crippen LogP contribution in [0.2, 0.25) is 5.02 Å². The number of carbonyl (C=O) groups excluding carboxylic acids is 1. The molecule has 0 spiro atoms. The van der Waals surface area contributed by atoms with E-state index in [1.165, 1.54) is 22.7 Å². The Hall–Kier alpha value is 0.320. The lowest BCUT2D eigenvalue weighted by atomic mass is 10.2. The Morgan fingerprint density at radius 2 is 2.13 bits per heavy atom. The number of ketones is 1. The first kappa shape index (κ1) is 11.8. The van der Waals surface area contributed by atoms with E-state index in [0.717, 1.165) is 7.57 Å². The first-order valence-electron chi connectivity index (χ1n) is 3.82. The minimum atomic E-state index is -0.0381. The quantitative estimate of drug-likeness (QED) is 0.647. The lowest BCUT2D eigenvalue weighted by Gasteiger charge is -1.95. The molecule has 0 bridgehead atoms. The molecule has 0 radical (unpaired) electrons. The molecule has 0 aliphatic rings. The van der Waals surface area contributed by atoms with Gasteiger partial charge in [-0.05, 0) is 49.4 Å². The first-order valence-corrected chi connectivity index (χ1v) is 7.48. The fraction of sp³-hybridized carbons (Fsp3) is 0. The van der Waals surface area contributed by atoms with Crippen molar-refractivity contribution >= 4 is 71.9 Å². The van der Waals surface area contributed by atoms with Crippen LogP contribution in [-0.2, 0) is 0 Å². The van der Waals surface area contributed by atoms with Gasteiger partial charge in [-0.3, -0.25) is 4.79 Å². The van der Waals surface area contributed by atoms with Crippen molar-refractivity contribution in [2.45, 2.75) is 0 Å². The van der Waals surface area contributed by atoms with Crippen molar-refractivity contribution in [1.29, 1.82) is 0 Å². The van der Waals surface area contributed by atoms with Gasteiger partial charge < -0.3 is 0 Å². The molecule has 0 saturated carbocycles. The molecule has 78 valence electrons. The Bertz CT molecular complexity index is 518. The fourth-order valence-electron chi connectivity index (χ4n) is 1.07. The highest BCUT2D eigenvalue weighted by molar-refractivity contribution is 9.12. The SMILES string of the molecule is O=C(c1cc(Br)sc1Br)c1sccc1Cl. The normalized spacial score (nSPS) is 10.6. The zero-order valence-corrected chi connectivity index (χ0v) is 12.7. The summed E-state index contributed by atoms with van der Waals surface area (Å²) in [5, 5.41) is 2.32. The Morgan fingerprint density at radius 3 is 2.60 bits per heavy atom. The van der Waals surface area contributed by atoms with E-state index in [1.807, 2.05) is 5.38 Å². The molecule has 0 amide bonds. The summed E-state index contributed by atoms with van der Waals surface area (Å²) in [6, 6.07) is 3.53. The number of rotatable bonds is 2. The van der Waals surface area contributed by atoms with Gasteiger partial charge in [-0.25, -0.2) is 0 Å². The molecule has 2 aromatic rings. The summed E-state index contributed by atoms with van der Waals surface area (Å²) in [7, 11) is 0. The fourth-order valence-corrected chi connectivity index (χ4v) is 4.96. The van der Waals surface area contributed by atoms with Gasteiger partial charge >= 0.3 is 0 Å². The van der Waals surface area contributed by atoms with E-state index in [2.05, 4.69) is 31.9 Å². The monoisotopic (exact) mass is 384 g/mol. The van der Waals surface area contributed by atoms with Crippen LogP contribution in [-0.4, -0.2) is 5.78 Å². The number of hydrogen-bond donors (Lipinski definition) is 0. The van der Waals surface area contributed by atoms with Crippen LogP contribution in [0.5, 0.6) is 0 Å². The molecule has 0 aliphatic heterocycles. The van der Waals surface area contributed by atoms with Crippen molar-refractivity contribution in [3.8, 4) is 0 Å². The highest BCUT2D eigenvalue weighted by Gasteiger charge is 2.18. The summed E-state index contributed by atoms with van der Waals surface area (Å²) in [6.07, 6.45) is 0. The molecule has 15 heavy (non-hydrogen) atoms. The van der Waals surface area contributed by atoms with Gasteiger partial charge in [0.1, 0.15) is 0 Å². The van der Waals surface area contributed by atoms with Gasteiger partial charge in [0.2, 0.25) is 5.78 Å². The van der Waals surface area contributed by atoms with Crippen LogP contribution < -0.4 is 0 Å². The van der Waals surface area contributed by atoms with Crippen LogP contribution in [0.1, 0.15) is 15.2 Å². The molecule has 0 atom stereocenters. The molecule has 0 N–H and O–H groups in total. The van der Waals surface area contributed by atoms with Crippen molar-refractivity contribution in [2.24, 2.45) is 0 Å². The van der Waals surface area contributed by atoms with Gasteiger partial charge in [0, 0.05) is 5.56 Å². The maximum Gasteiger partial charge on any atom is 0.206 e. The Balaban J connectivity index is 2.45. The maximum absolute atomic E-state index is 12.0. The third-order valence-corrected chi connectivity index (χ3v) is 5.40. The van der Waals surface area contributed by atoms with Crippen molar-refractivity contribution < 1.29 is 4.79 Å². The number of thiophene rings is 2. The molecule has 2 aromatic heterocycles. The van der Waals surface area contributed by atoms with Crippen LogP contribution in [0.15, 0.2) is 25.1 Å². The predicted octanol–water partition coefficient (Wildman–Crippen LogP) is 5.22. The second kappa shape index (κ2) is 4.67. The van der Waals surface area contributed by atoms with Gasteiger partial charge in [-0.15, -0.1) is 22.7 Å². The highest BCUT2D eigenvalue weighted by Crippen LogP contribution is 2.35. The van der Waals surface area contributed by atoms with Gasteiger partial charge in [-0.1, -0.05) is 11.6 Å². The summed E-state index contributed by atoms with van der Waals surface area (Å²) in [4.78, 5) is 12.6. The van der Waals surface area contributed by atoms with Crippen molar-refractivity contribution in [3.63, 3.8) is 0 Å². The van der Waals surface area contributed by atoms with E-state index < -0.39 is 0 Å². The average molecular weight is 387 g/mol. The van der Waals surface area contributed by atoms with Crippen molar-refractivity contribution in [2.75, 3.05) is 0 Å². The molecule has 2 rings (SSSR count). The Morgan fingerprint density at radius 1 is 1.40 bits per heavy atom. The number of hydrogen-bond acceptors (Lipinski definition) is 3. The summed E-state index contributed by atoms with van der Waals surface area (Å²) in [5.41, 5.74) is 0.649. The second-order valence-electron chi connectivity index (χ2n) is 2.66. The van der Waals surface area contributed by atoms with E-state index in [9.17, 15) is 4.79 Å². The van der Waals surface area contributed by atoms with Crippen LogP contribution in [0, 0.1) is 0 Å². The molecule has 0 fully saturated rings. The van der Waals surface area contributed by atoms with E-state index in [4.69, 9.17) is 11.6 Å². The Labute approximate surface area is 116 Å².